The third-order valence-electron chi connectivity index (χ3n) is 2.93. The third kappa shape index (κ3) is 3.78. The smallest absolute Gasteiger partial charge is 0.218 e. The third-order valence-corrected chi connectivity index (χ3v) is 4.87. The van der Waals surface area contributed by atoms with Crippen LogP contribution in [-0.2, 0) is 22.3 Å². The highest BCUT2D eigenvalue weighted by molar-refractivity contribution is 7.88. The van der Waals surface area contributed by atoms with Crippen molar-refractivity contribution in [1.82, 2.24) is 4.31 Å². The summed E-state index contributed by atoms with van der Waals surface area (Å²) in [6.07, 6.45) is 0. The van der Waals surface area contributed by atoms with Crippen molar-refractivity contribution in [2.45, 2.75) is 25.3 Å². The summed E-state index contributed by atoms with van der Waals surface area (Å²) < 4.78 is 25.3. The molecular formula is C12H20N2O3S. The highest BCUT2D eigenvalue weighted by atomic mass is 32.2. The van der Waals surface area contributed by atoms with E-state index in [0.717, 1.165) is 5.56 Å². The van der Waals surface area contributed by atoms with Gasteiger partial charge in [-0.2, -0.15) is 4.31 Å². The van der Waals surface area contributed by atoms with Crippen LogP contribution in [-0.4, -0.2) is 37.5 Å². The Morgan fingerprint density at radius 1 is 1.28 bits per heavy atom. The number of rotatable bonds is 6. The lowest BCUT2D eigenvalue weighted by Crippen LogP contribution is -2.38. The van der Waals surface area contributed by atoms with E-state index in [0.29, 0.717) is 12.1 Å². The fraction of sp³-hybridized carbons (Fsp3) is 0.500. The zero-order chi connectivity index (χ0) is 13.8. The number of likely N-dealkylation sites (N-methyl/N-ethyl adjacent to an activating group) is 1. The summed E-state index contributed by atoms with van der Waals surface area (Å²) in [6.45, 7) is 1.91. The van der Waals surface area contributed by atoms with E-state index in [2.05, 4.69) is 0 Å². The average molecular weight is 272 g/mol. The average Bonchev–Trinajstić information content (AvgIpc) is 2.37. The number of sulfonamides is 1. The van der Waals surface area contributed by atoms with E-state index < -0.39 is 16.1 Å². The number of hydrogen-bond acceptors (Lipinski definition) is 4. The molecule has 1 aromatic carbocycles. The molecule has 0 saturated heterocycles. The Kier molecular flexibility index (Phi) is 5.28. The number of aliphatic hydroxyl groups is 1. The van der Waals surface area contributed by atoms with Gasteiger partial charge >= 0.3 is 0 Å². The molecule has 0 heterocycles. The van der Waals surface area contributed by atoms with Crippen molar-refractivity contribution >= 4 is 10.0 Å². The molecule has 0 aromatic heterocycles. The van der Waals surface area contributed by atoms with E-state index in [1.54, 1.807) is 19.1 Å². The number of benzene rings is 1. The fourth-order valence-corrected chi connectivity index (χ4v) is 2.91. The monoisotopic (exact) mass is 272 g/mol. The van der Waals surface area contributed by atoms with Crippen LogP contribution in [0, 0.1) is 0 Å². The molecular weight excluding hydrogens is 252 g/mol. The molecule has 1 atom stereocenters. The van der Waals surface area contributed by atoms with Crippen LogP contribution < -0.4 is 5.73 Å². The molecule has 0 aliphatic heterocycles. The maximum Gasteiger partial charge on any atom is 0.218 e. The van der Waals surface area contributed by atoms with Gasteiger partial charge in [0.15, 0.2) is 0 Å². The maximum atomic E-state index is 12.0. The van der Waals surface area contributed by atoms with E-state index in [4.69, 9.17) is 10.8 Å². The Bertz CT molecular complexity index is 471. The molecule has 18 heavy (non-hydrogen) atoms. The standard InChI is InChI=1S/C12H20N2O3S/c1-10(8-15)14(2)18(16,17)9-12-5-3-11(7-13)4-6-12/h3-6,10,15H,7-9,13H2,1-2H3. The van der Waals surface area contributed by atoms with Gasteiger partial charge in [0.2, 0.25) is 10.0 Å². The van der Waals surface area contributed by atoms with Crippen LogP contribution in [0.4, 0.5) is 0 Å². The first-order valence-corrected chi connectivity index (χ1v) is 7.36. The summed E-state index contributed by atoms with van der Waals surface area (Å²) in [6, 6.07) is 6.74. The summed E-state index contributed by atoms with van der Waals surface area (Å²) in [7, 11) is -1.93. The summed E-state index contributed by atoms with van der Waals surface area (Å²) >= 11 is 0. The molecule has 6 heteroatoms. The van der Waals surface area contributed by atoms with Crippen LogP contribution in [0.1, 0.15) is 18.1 Å². The van der Waals surface area contributed by atoms with Crippen LogP contribution >= 0.6 is 0 Å². The lowest BCUT2D eigenvalue weighted by Gasteiger charge is -2.22. The van der Waals surface area contributed by atoms with Gasteiger partial charge in [-0.1, -0.05) is 24.3 Å². The van der Waals surface area contributed by atoms with E-state index in [1.165, 1.54) is 11.4 Å². The molecule has 0 amide bonds. The highest BCUT2D eigenvalue weighted by Crippen LogP contribution is 2.13. The number of hydrogen-bond donors (Lipinski definition) is 2. The van der Waals surface area contributed by atoms with Gasteiger partial charge < -0.3 is 10.8 Å². The second-order valence-corrected chi connectivity index (χ2v) is 6.35. The molecule has 1 aromatic rings. The van der Waals surface area contributed by atoms with Gasteiger partial charge in [-0.05, 0) is 18.1 Å². The molecule has 0 aliphatic rings. The minimum atomic E-state index is -3.40. The molecule has 0 aliphatic carbocycles. The summed E-state index contributed by atoms with van der Waals surface area (Å²) in [5.74, 6) is -0.0707. The van der Waals surface area contributed by atoms with E-state index in [9.17, 15) is 8.42 Å². The Labute approximate surface area is 108 Å². The normalized spacial score (nSPS) is 13.8. The second kappa shape index (κ2) is 6.29. The van der Waals surface area contributed by atoms with Crippen LogP contribution in [0.3, 0.4) is 0 Å². The molecule has 0 bridgehead atoms. The first-order chi connectivity index (χ1) is 8.40. The van der Waals surface area contributed by atoms with Crippen molar-refractivity contribution in [1.29, 1.82) is 0 Å². The van der Waals surface area contributed by atoms with Gasteiger partial charge in [0.25, 0.3) is 0 Å². The molecule has 5 nitrogen and oxygen atoms in total. The van der Waals surface area contributed by atoms with Gasteiger partial charge in [0.1, 0.15) is 0 Å². The zero-order valence-electron chi connectivity index (χ0n) is 10.7. The predicted octanol–water partition coefficient (Wildman–Crippen LogP) is 0.288. The first-order valence-electron chi connectivity index (χ1n) is 5.75. The Hall–Kier alpha value is -0.950. The maximum absolute atomic E-state index is 12.0. The van der Waals surface area contributed by atoms with Crippen molar-refractivity contribution in [2.75, 3.05) is 13.7 Å². The fourth-order valence-electron chi connectivity index (χ4n) is 1.47. The molecule has 3 N–H and O–H groups in total. The van der Waals surface area contributed by atoms with E-state index in [-0.39, 0.29) is 12.4 Å². The van der Waals surface area contributed by atoms with E-state index >= 15 is 0 Å². The lowest BCUT2D eigenvalue weighted by molar-refractivity contribution is 0.213. The van der Waals surface area contributed by atoms with Gasteiger partial charge in [-0.3, -0.25) is 0 Å². The number of nitrogens with two attached hydrogens (primary N) is 1. The largest absolute Gasteiger partial charge is 0.395 e. The van der Waals surface area contributed by atoms with Crippen molar-refractivity contribution in [3.63, 3.8) is 0 Å². The lowest BCUT2D eigenvalue weighted by atomic mass is 10.1. The molecule has 0 fully saturated rings. The number of nitrogens with zero attached hydrogens (tertiary/aromatic N) is 1. The molecule has 1 unspecified atom stereocenters. The van der Waals surface area contributed by atoms with Crippen LogP contribution in [0.5, 0.6) is 0 Å². The molecule has 102 valence electrons. The topological polar surface area (TPSA) is 83.6 Å². The highest BCUT2D eigenvalue weighted by Gasteiger charge is 2.22. The van der Waals surface area contributed by atoms with Gasteiger partial charge in [-0.15, -0.1) is 0 Å². The van der Waals surface area contributed by atoms with Crippen molar-refractivity contribution in [2.24, 2.45) is 5.73 Å². The van der Waals surface area contributed by atoms with E-state index in [1.807, 2.05) is 12.1 Å². The van der Waals surface area contributed by atoms with Crippen molar-refractivity contribution in [3.8, 4) is 0 Å². The minimum absolute atomic E-state index is 0.0707. The Morgan fingerprint density at radius 3 is 2.22 bits per heavy atom. The quantitative estimate of drug-likeness (QED) is 0.779. The molecule has 0 saturated carbocycles. The molecule has 0 radical (unpaired) electrons. The Morgan fingerprint density at radius 2 is 1.78 bits per heavy atom. The molecule has 0 spiro atoms. The van der Waals surface area contributed by atoms with Gasteiger partial charge in [0.05, 0.1) is 12.4 Å². The van der Waals surface area contributed by atoms with Crippen LogP contribution in [0.15, 0.2) is 24.3 Å². The van der Waals surface area contributed by atoms with Crippen LogP contribution in [0.2, 0.25) is 0 Å². The summed E-state index contributed by atoms with van der Waals surface area (Å²) in [5.41, 5.74) is 7.16. The number of aliphatic hydroxyl groups excluding tert-OH is 1. The SMILES string of the molecule is CC(CO)N(C)S(=O)(=O)Cc1ccc(CN)cc1. The second-order valence-electron chi connectivity index (χ2n) is 4.32. The zero-order valence-corrected chi connectivity index (χ0v) is 11.5. The van der Waals surface area contributed by atoms with Gasteiger partial charge in [0, 0.05) is 19.6 Å². The Balaban J connectivity index is 2.81. The van der Waals surface area contributed by atoms with Gasteiger partial charge in [-0.25, -0.2) is 8.42 Å². The first kappa shape index (κ1) is 15.1. The van der Waals surface area contributed by atoms with Crippen molar-refractivity contribution in [3.05, 3.63) is 35.4 Å². The predicted molar refractivity (Wildman–Crippen MR) is 71.3 cm³/mol. The summed E-state index contributed by atoms with van der Waals surface area (Å²) in [4.78, 5) is 0. The van der Waals surface area contributed by atoms with Crippen molar-refractivity contribution < 1.29 is 13.5 Å². The summed E-state index contributed by atoms with van der Waals surface area (Å²) in [5, 5.41) is 8.98. The molecule has 1 rings (SSSR count). The van der Waals surface area contributed by atoms with Crippen LogP contribution in [0.25, 0.3) is 0 Å². The minimum Gasteiger partial charge on any atom is -0.395 e.